The van der Waals surface area contributed by atoms with E-state index in [0.717, 1.165) is 12.1 Å². The van der Waals surface area contributed by atoms with Gasteiger partial charge >= 0.3 is 6.18 Å². The number of halogens is 3. The van der Waals surface area contributed by atoms with Gasteiger partial charge in [0, 0.05) is 6.07 Å². The second kappa shape index (κ2) is 5.53. The molecule has 0 unspecified atom stereocenters. The van der Waals surface area contributed by atoms with Crippen LogP contribution in [-0.2, 0) is 6.18 Å². The van der Waals surface area contributed by atoms with Gasteiger partial charge in [0.05, 0.1) is 6.10 Å². The van der Waals surface area contributed by atoms with Crippen molar-refractivity contribution in [2.45, 2.75) is 38.3 Å². The van der Waals surface area contributed by atoms with Crippen molar-refractivity contribution in [2.75, 3.05) is 0 Å². The van der Waals surface area contributed by atoms with E-state index in [1.54, 1.807) is 0 Å². The van der Waals surface area contributed by atoms with E-state index in [1.165, 1.54) is 19.9 Å². The number of alkyl halides is 3. The highest BCUT2D eigenvalue weighted by molar-refractivity contribution is 5.18. The monoisotopic (exact) mass is 265 g/mol. The lowest BCUT2D eigenvalue weighted by Crippen LogP contribution is -2.37. The maximum Gasteiger partial charge on any atom is 0.433 e. The van der Waals surface area contributed by atoms with Crippen molar-refractivity contribution >= 4 is 0 Å². The molecule has 1 aromatic rings. The van der Waals surface area contributed by atoms with Crippen LogP contribution in [-0.4, -0.2) is 33.5 Å². The highest BCUT2D eigenvalue weighted by Gasteiger charge is 2.33. The van der Waals surface area contributed by atoms with Crippen LogP contribution >= 0.6 is 0 Å². The summed E-state index contributed by atoms with van der Waals surface area (Å²) in [7, 11) is 0. The van der Waals surface area contributed by atoms with Gasteiger partial charge in [-0.05, 0) is 19.9 Å². The van der Waals surface area contributed by atoms with E-state index in [2.05, 4.69) is 4.98 Å². The molecule has 3 atom stereocenters. The van der Waals surface area contributed by atoms with Crippen LogP contribution in [0.3, 0.4) is 0 Å². The van der Waals surface area contributed by atoms with Gasteiger partial charge in [0.25, 0.3) is 0 Å². The van der Waals surface area contributed by atoms with Crippen molar-refractivity contribution in [3.05, 3.63) is 23.9 Å². The Morgan fingerprint density at radius 2 is 1.83 bits per heavy atom. The van der Waals surface area contributed by atoms with Gasteiger partial charge in [-0.1, -0.05) is 6.07 Å². The third-order valence-electron chi connectivity index (χ3n) is 2.30. The Balaban J connectivity index is 2.80. The third kappa shape index (κ3) is 3.85. The van der Waals surface area contributed by atoms with E-state index >= 15 is 0 Å². The highest BCUT2D eigenvalue weighted by atomic mass is 19.4. The van der Waals surface area contributed by atoms with E-state index in [-0.39, 0.29) is 5.88 Å². The molecule has 0 aliphatic carbocycles. The van der Waals surface area contributed by atoms with Crippen LogP contribution in [0.2, 0.25) is 0 Å². The maximum atomic E-state index is 12.4. The first kappa shape index (κ1) is 14.7. The van der Waals surface area contributed by atoms with Crippen molar-refractivity contribution in [2.24, 2.45) is 0 Å². The Morgan fingerprint density at radius 1 is 1.22 bits per heavy atom. The lowest BCUT2D eigenvalue weighted by atomic mass is 10.1. The van der Waals surface area contributed by atoms with Gasteiger partial charge in [-0.2, -0.15) is 13.2 Å². The minimum absolute atomic E-state index is 0.253. The standard InChI is InChI=1S/C11H14F3NO3/c1-6(16)10(17)7(2)18-9-5-3-4-8(15-9)11(12,13)14/h3-7,10,16-17H,1-2H3/t6-,7-,10-/m0/s1. The summed E-state index contributed by atoms with van der Waals surface area (Å²) in [4.78, 5) is 3.29. The number of aliphatic hydroxyl groups is 2. The van der Waals surface area contributed by atoms with Gasteiger partial charge in [-0.25, -0.2) is 4.98 Å². The number of pyridine rings is 1. The minimum atomic E-state index is -4.55. The number of hydrogen-bond acceptors (Lipinski definition) is 4. The molecular formula is C11H14F3NO3. The van der Waals surface area contributed by atoms with E-state index in [9.17, 15) is 18.3 Å². The number of aliphatic hydroxyl groups excluding tert-OH is 2. The van der Waals surface area contributed by atoms with Gasteiger partial charge < -0.3 is 14.9 Å². The first-order chi connectivity index (χ1) is 8.21. The number of hydrogen-bond donors (Lipinski definition) is 2. The molecule has 0 amide bonds. The second-order valence-corrected chi connectivity index (χ2v) is 3.91. The Morgan fingerprint density at radius 3 is 2.33 bits per heavy atom. The van der Waals surface area contributed by atoms with Crippen LogP contribution in [0.25, 0.3) is 0 Å². The summed E-state index contributed by atoms with van der Waals surface area (Å²) in [5, 5.41) is 18.6. The molecule has 18 heavy (non-hydrogen) atoms. The summed E-state index contributed by atoms with van der Waals surface area (Å²) in [6, 6.07) is 3.23. The second-order valence-electron chi connectivity index (χ2n) is 3.91. The normalized spacial score (nSPS) is 17.1. The lowest BCUT2D eigenvalue weighted by Gasteiger charge is -2.22. The number of aromatic nitrogens is 1. The first-order valence-electron chi connectivity index (χ1n) is 5.29. The summed E-state index contributed by atoms with van der Waals surface area (Å²) in [5.41, 5.74) is -1.07. The Kier molecular flexibility index (Phi) is 4.53. The van der Waals surface area contributed by atoms with E-state index < -0.39 is 30.2 Å². The van der Waals surface area contributed by atoms with Crippen molar-refractivity contribution in [3.63, 3.8) is 0 Å². The van der Waals surface area contributed by atoms with Crippen molar-refractivity contribution < 1.29 is 28.1 Å². The van der Waals surface area contributed by atoms with Crippen LogP contribution in [0, 0.1) is 0 Å². The largest absolute Gasteiger partial charge is 0.472 e. The Bertz CT molecular complexity index is 395. The quantitative estimate of drug-likeness (QED) is 0.868. The average Bonchev–Trinajstić information content (AvgIpc) is 2.27. The van der Waals surface area contributed by atoms with Gasteiger partial charge in [0.1, 0.15) is 17.9 Å². The molecule has 0 saturated carbocycles. The predicted molar refractivity (Wildman–Crippen MR) is 57.0 cm³/mol. The Hall–Kier alpha value is -1.34. The molecule has 7 heteroatoms. The van der Waals surface area contributed by atoms with Crippen molar-refractivity contribution in [1.29, 1.82) is 0 Å². The van der Waals surface area contributed by atoms with Gasteiger partial charge in [0.2, 0.25) is 5.88 Å². The summed E-state index contributed by atoms with van der Waals surface area (Å²) in [6.07, 6.45) is -7.68. The molecule has 1 aromatic heterocycles. The zero-order valence-corrected chi connectivity index (χ0v) is 9.85. The van der Waals surface area contributed by atoms with Crippen LogP contribution in [0.1, 0.15) is 19.5 Å². The molecule has 4 nitrogen and oxygen atoms in total. The lowest BCUT2D eigenvalue weighted by molar-refractivity contribution is -0.141. The fraction of sp³-hybridized carbons (Fsp3) is 0.545. The van der Waals surface area contributed by atoms with Crippen LogP contribution < -0.4 is 4.74 Å². The maximum absolute atomic E-state index is 12.4. The van der Waals surface area contributed by atoms with Gasteiger partial charge in [-0.15, -0.1) is 0 Å². The minimum Gasteiger partial charge on any atom is -0.472 e. The van der Waals surface area contributed by atoms with Gasteiger partial charge in [0.15, 0.2) is 0 Å². The topological polar surface area (TPSA) is 62.6 Å². The first-order valence-corrected chi connectivity index (χ1v) is 5.29. The average molecular weight is 265 g/mol. The van der Waals surface area contributed by atoms with Crippen LogP contribution in [0.4, 0.5) is 13.2 Å². The molecule has 102 valence electrons. The van der Waals surface area contributed by atoms with Crippen molar-refractivity contribution in [1.82, 2.24) is 4.98 Å². The molecule has 0 aromatic carbocycles. The number of ether oxygens (including phenoxy) is 1. The molecule has 0 aliphatic heterocycles. The molecule has 0 radical (unpaired) electrons. The fourth-order valence-corrected chi connectivity index (χ4v) is 1.29. The molecule has 0 aliphatic rings. The van der Waals surface area contributed by atoms with E-state index in [4.69, 9.17) is 9.84 Å². The van der Waals surface area contributed by atoms with Gasteiger partial charge in [-0.3, -0.25) is 0 Å². The zero-order chi connectivity index (χ0) is 13.9. The molecule has 0 bridgehead atoms. The predicted octanol–water partition coefficient (Wildman–Crippen LogP) is 1.61. The smallest absolute Gasteiger partial charge is 0.433 e. The zero-order valence-electron chi connectivity index (χ0n) is 9.85. The molecular weight excluding hydrogens is 251 g/mol. The summed E-state index contributed by atoms with van der Waals surface area (Å²) < 4.78 is 42.2. The number of rotatable bonds is 4. The SMILES string of the molecule is C[C@H](O)[C@H](O)[C@H](C)Oc1cccc(C(F)(F)F)n1. The summed E-state index contributed by atoms with van der Waals surface area (Å²) in [6.45, 7) is 2.78. The molecule has 1 rings (SSSR count). The molecule has 0 spiro atoms. The molecule has 0 fully saturated rings. The van der Waals surface area contributed by atoms with E-state index in [0.29, 0.717) is 0 Å². The van der Waals surface area contributed by atoms with E-state index in [1.807, 2.05) is 0 Å². The van der Waals surface area contributed by atoms with Crippen molar-refractivity contribution in [3.8, 4) is 5.88 Å². The van der Waals surface area contributed by atoms with Crippen LogP contribution in [0.15, 0.2) is 18.2 Å². The summed E-state index contributed by atoms with van der Waals surface area (Å²) >= 11 is 0. The highest BCUT2D eigenvalue weighted by Crippen LogP contribution is 2.28. The molecule has 1 heterocycles. The third-order valence-corrected chi connectivity index (χ3v) is 2.30. The number of nitrogens with zero attached hydrogens (tertiary/aromatic N) is 1. The van der Waals surface area contributed by atoms with Crippen LogP contribution in [0.5, 0.6) is 5.88 Å². The summed E-state index contributed by atoms with van der Waals surface area (Å²) in [5.74, 6) is -0.253. The molecule has 2 N–H and O–H groups in total. The Labute approximate surface area is 102 Å². The fourth-order valence-electron chi connectivity index (χ4n) is 1.29. The molecule has 0 saturated heterocycles.